The average Bonchev–Trinajstić information content (AvgIpc) is 2.93. The van der Waals surface area contributed by atoms with Crippen molar-refractivity contribution in [2.75, 3.05) is 6.61 Å². The summed E-state index contributed by atoms with van der Waals surface area (Å²) in [7, 11) is 0. The van der Waals surface area contributed by atoms with E-state index in [0.717, 1.165) is 22.0 Å². The fourth-order valence-corrected chi connectivity index (χ4v) is 2.52. The lowest BCUT2D eigenvalue weighted by Crippen LogP contribution is -1.91. The topological polar surface area (TPSA) is 26.5 Å². The molecule has 0 spiro atoms. The van der Waals surface area contributed by atoms with E-state index in [0.29, 0.717) is 6.61 Å². The zero-order chi connectivity index (χ0) is 11.7. The molecule has 3 nitrogen and oxygen atoms in total. The van der Waals surface area contributed by atoms with E-state index in [1.807, 2.05) is 36.8 Å². The molecule has 17 heavy (non-hydrogen) atoms. The Morgan fingerprint density at radius 2 is 2.12 bits per heavy atom. The van der Waals surface area contributed by atoms with Crippen LogP contribution in [0.5, 0.6) is 5.75 Å². The lowest BCUT2D eigenvalue weighted by Gasteiger charge is -2.04. The van der Waals surface area contributed by atoms with Crippen LogP contribution < -0.4 is 4.74 Å². The van der Waals surface area contributed by atoms with E-state index in [9.17, 15) is 0 Å². The number of fused-ring (bicyclic) bond motifs is 1. The smallest absolute Gasteiger partial charge is 0.194 e. The molecule has 0 aliphatic rings. The number of thiazole rings is 1. The van der Waals surface area contributed by atoms with Gasteiger partial charge in [-0.05, 0) is 31.2 Å². The Hall–Kier alpha value is -1.81. The van der Waals surface area contributed by atoms with Crippen molar-refractivity contribution in [3.63, 3.8) is 0 Å². The normalized spacial score (nSPS) is 10.9. The summed E-state index contributed by atoms with van der Waals surface area (Å²) in [6, 6.07) is 8.10. The number of hydrogen-bond acceptors (Lipinski definition) is 3. The molecule has 3 aromatic rings. The van der Waals surface area contributed by atoms with Crippen molar-refractivity contribution < 1.29 is 4.74 Å². The van der Waals surface area contributed by atoms with Gasteiger partial charge in [0.05, 0.1) is 18.5 Å². The van der Waals surface area contributed by atoms with Gasteiger partial charge >= 0.3 is 0 Å². The van der Waals surface area contributed by atoms with Gasteiger partial charge in [-0.3, -0.25) is 4.40 Å². The van der Waals surface area contributed by atoms with E-state index >= 15 is 0 Å². The first-order valence-electron chi connectivity index (χ1n) is 5.52. The largest absolute Gasteiger partial charge is 0.494 e. The van der Waals surface area contributed by atoms with Crippen molar-refractivity contribution >= 4 is 16.3 Å². The Morgan fingerprint density at radius 3 is 2.88 bits per heavy atom. The third-order valence-corrected chi connectivity index (χ3v) is 3.38. The van der Waals surface area contributed by atoms with Gasteiger partial charge in [-0.15, -0.1) is 11.3 Å². The minimum absolute atomic E-state index is 0.695. The predicted molar refractivity (Wildman–Crippen MR) is 69.7 cm³/mol. The molecule has 0 saturated heterocycles. The molecule has 0 saturated carbocycles. The van der Waals surface area contributed by atoms with Crippen LogP contribution in [0.2, 0.25) is 0 Å². The second kappa shape index (κ2) is 4.22. The van der Waals surface area contributed by atoms with Crippen molar-refractivity contribution in [3.05, 3.63) is 42.0 Å². The number of aromatic nitrogens is 2. The molecule has 3 rings (SSSR count). The number of rotatable bonds is 3. The van der Waals surface area contributed by atoms with Crippen LogP contribution in [0.3, 0.4) is 0 Å². The lowest BCUT2D eigenvalue weighted by atomic mass is 10.1. The van der Waals surface area contributed by atoms with Gasteiger partial charge in [0.25, 0.3) is 0 Å². The number of imidazole rings is 1. The van der Waals surface area contributed by atoms with Gasteiger partial charge in [0.1, 0.15) is 5.75 Å². The quantitative estimate of drug-likeness (QED) is 0.705. The van der Waals surface area contributed by atoms with Crippen molar-refractivity contribution in [3.8, 4) is 17.0 Å². The van der Waals surface area contributed by atoms with Gasteiger partial charge in [-0.2, -0.15) is 0 Å². The minimum atomic E-state index is 0.695. The van der Waals surface area contributed by atoms with Crippen LogP contribution in [-0.4, -0.2) is 16.0 Å². The average molecular weight is 244 g/mol. The van der Waals surface area contributed by atoms with Gasteiger partial charge in [0, 0.05) is 17.1 Å². The molecule has 0 aliphatic heterocycles. The molecule has 0 aliphatic carbocycles. The van der Waals surface area contributed by atoms with Gasteiger partial charge in [0.2, 0.25) is 0 Å². The summed E-state index contributed by atoms with van der Waals surface area (Å²) in [6.07, 6.45) is 3.94. The second-order valence-electron chi connectivity index (χ2n) is 3.66. The first-order chi connectivity index (χ1) is 8.38. The highest BCUT2D eigenvalue weighted by molar-refractivity contribution is 7.15. The number of nitrogens with zero attached hydrogens (tertiary/aromatic N) is 2. The Bertz CT molecular complexity index is 624. The number of ether oxygens (including phenoxy) is 1. The molecule has 0 atom stereocenters. The van der Waals surface area contributed by atoms with Crippen LogP contribution in [0.4, 0.5) is 0 Å². The summed E-state index contributed by atoms with van der Waals surface area (Å²) in [5.74, 6) is 0.905. The Labute approximate surface area is 103 Å². The molecule has 0 unspecified atom stereocenters. The highest BCUT2D eigenvalue weighted by Crippen LogP contribution is 2.25. The summed E-state index contributed by atoms with van der Waals surface area (Å²) in [6.45, 7) is 2.68. The van der Waals surface area contributed by atoms with Crippen molar-refractivity contribution in [2.45, 2.75) is 6.92 Å². The maximum atomic E-state index is 5.43. The molecule has 4 heteroatoms. The first kappa shape index (κ1) is 10.4. The van der Waals surface area contributed by atoms with E-state index in [1.165, 1.54) is 0 Å². The Balaban J connectivity index is 2.01. The van der Waals surface area contributed by atoms with Crippen LogP contribution in [0.25, 0.3) is 16.2 Å². The molecule has 2 aromatic heterocycles. The second-order valence-corrected chi connectivity index (χ2v) is 4.53. The summed E-state index contributed by atoms with van der Waals surface area (Å²) in [4.78, 5) is 5.39. The van der Waals surface area contributed by atoms with Crippen molar-refractivity contribution in [1.82, 2.24) is 9.38 Å². The third-order valence-electron chi connectivity index (χ3n) is 2.61. The molecule has 0 N–H and O–H groups in total. The van der Waals surface area contributed by atoms with Crippen LogP contribution in [0, 0.1) is 0 Å². The summed E-state index contributed by atoms with van der Waals surface area (Å²) < 4.78 is 7.53. The fourth-order valence-electron chi connectivity index (χ4n) is 1.83. The molecule has 0 bridgehead atoms. The van der Waals surface area contributed by atoms with E-state index < -0.39 is 0 Å². The van der Waals surface area contributed by atoms with Crippen LogP contribution >= 0.6 is 11.3 Å². The summed E-state index contributed by atoms with van der Waals surface area (Å²) >= 11 is 1.64. The summed E-state index contributed by atoms with van der Waals surface area (Å²) in [5, 5.41) is 2.04. The molecule has 1 aromatic carbocycles. The van der Waals surface area contributed by atoms with Gasteiger partial charge in [-0.25, -0.2) is 4.98 Å². The molecule has 0 amide bonds. The maximum absolute atomic E-state index is 5.43. The Morgan fingerprint density at radius 1 is 1.29 bits per heavy atom. The SMILES string of the molecule is CCOc1ccc(-c2cnc3sccn23)cc1. The molecule has 0 radical (unpaired) electrons. The van der Waals surface area contributed by atoms with Gasteiger partial charge < -0.3 is 4.74 Å². The molecular weight excluding hydrogens is 232 g/mol. The standard InChI is InChI=1S/C13H12N2OS/c1-2-16-11-5-3-10(4-6-11)12-9-14-13-15(12)7-8-17-13/h3-9H,2H2,1H3. The maximum Gasteiger partial charge on any atom is 0.194 e. The van der Waals surface area contributed by atoms with Gasteiger partial charge in [0.15, 0.2) is 4.96 Å². The van der Waals surface area contributed by atoms with Crippen LogP contribution in [0.1, 0.15) is 6.92 Å². The van der Waals surface area contributed by atoms with Crippen molar-refractivity contribution in [1.29, 1.82) is 0 Å². The zero-order valence-corrected chi connectivity index (χ0v) is 10.3. The Kier molecular flexibility index (Phi) is 2.57. The van der Waals surface area contributed by atoms with E-state index in [-0.39, 0.29) is 0 Å². The monoisotopic (exact) mass is 244 g/mol. The van der Waals surface area contributed by atoms with E-state index in [2.05, 4.69) is 21.5 Å². The van der Waals surface area contributed by atoms with E-state index in [1.54, 1.807) is 11.3 Å². The lowest BCUT2D eigenvalue weighted by molar-refractivity contribution is 0.340. The third kappa shape index (κ3) is 1.80. The summed E-state index contributed by atoms with van der Waals surface area (Å²) in [5.41, 5.74) is 2.27. The molecule has 0 fully saturated rings. The fraction of sp³-hybridized carbons (Fsp3) is 0.154. The number of benzene rings is 1. The highest BCUT2D eigenvalue weighted by Gasteiger charge is 2.06. The minimum Gasteiger partial charge on any atom is -0.494 e. The predicted octanol–water partition coefficient (Wildman–Crippen LogP) is 3.46. The van der Waals surface area contributed by atoms with Crippen LogP contribution in [0.15, 0.2) is 42.0 Å². The van der Waals surface area contributed by atoms with Crippen molar-refractivity contribution in [2.24, 2.45) is 0 Å². The number of hydrogen-bond donors (Lipinski definition) is 0. The molecule has 2 heterocycles. The molecule has 86 valence electrons. The zero-order valence-electron chi connectivity index (χ0n) is 9.46. The van der Waals surface area contributed by atoms with E-state index in [4.69, 9.17) is 4.74 Å². The molecular formula is C13H12N2OS. The van der Waals surface area contributed by atoms with Gasteiger partial charge in [-0.1, -0.05) is 0 Å². The highest BCUT2D eigenvalue weighted by atomic mass is 32.1. The first-order valence-corrected chi connectivity index (χ1v) is 6.40. The van der Waals surface area contributed by atoms with Crippen LogP contribution in [-0.2, 0) is 0 Å².